The number of hydrogen-bond acceptors (Lipinski definition) is 2. The summed E-state index contributed by atoms with van der Waals surface area (Å²) in [4.78, 5) is 0. The summed E-state index contributed by atoms with van der Waals surface area (Å²) in [6.45, 7) is 8.64. The predicted molar refractivity (Wildman–Crippen MR) is 71.3 cm³/mol. The summed E-state index contributed by atoms with van der Waals surface area (Å²) in [6.07, 6.45) is 2.36. The van der Waals surface area contributed by atoms with Gasteiger partial charge in [-0.05, 0) is 55.4 Å². The van der Waals surface area contributed by atoms with Crippen LogP contribution in [0.1, 0.15) is 37.8 Å². The van der Waals surface area contributed by atoms with E-state index in [0.29, 0.717) is 0 Å². The molecule has 17 heavy (non-hydrogen) atoms. The van der Waals surface area contributed by atoms with Crippen LogP contribution in [0, 0.1) is 19.3 Å². The van der Waals surface area contributed by atoms with Crippen LogP contribution < -0.4 is 10.5 Å². The van der Waals surface area contributed by atoms with Gasteiger partial charge in [-0.1, -0.05) is 19.9 Å². The van der Waals surface area contributed by atoms with Crippen molar-refractivity contribution < 1.29 is 4.74 Å². The Kier molecular flexibility index (Phi) is 3.17. The summed E-state index contributed by atoms with van der Waals surface area (Å²) < 4.78 is 6.06. The molecule has 2 nitrogen and oxygen atoms in total. The number of hydrogen-bond donors (Lipinski definition) is 1. The van der Waals surface area contributed by atoms with E-state index >= 15 is 0 Å². The van der Waals surface area contributed by atoms with Crippen LogP contribution in [-0.4, -0.2) is 12.1 Å². The zero-order valence-electron chi connectivity index (χ0n) is 11.3. The molecule has 1 aromatic rings. The van der Waals surface area contributed by atoms with Gasteiger partial charge in [0.1, 0.15) is 11.9 Å². The topological polar surface area (TPSA) is 35.2 Å². The van der Waals surface area contributed by atoms with Crippen molar-refractivity contribution >= 4 is 0 Å². The van der Waals surface area contributed by atoms with E-state index in [-0.39, 0.29) is 17.6 Å². The fourth-order valence-electron chi connectivity index (χ4n) is 2.67. The first-order valence-corrected chi connectivity index (χ1v) is 6.39. The van der Waals surface area contributed by atoms with Crippen LogP contribution in [0.25, 0.3) is 0 Å². The van der Waals surface area contributed by atoms with Crippen molar-refractivity contribution in [3.05, 3.63) is 29.3 Å². The van der Waals surface area contributed by atoms with Crippen molar-refractivity contribution in [1.29, 1.82) is 0 Å². The molecule has 0 aliphatic heterocycles. The van der Waals surface area contributed by atoms with E-state index in [1.807, 2.05) is 0 Å². The first kappa shape index (κ1) is 12.4. The maximum Gasteiger partial charge on any atom is 0.120 e. The van der Waals surface area contributed by atoms with Crippen molar-refractivity contribution in [2.45, 2.75) is 52.7 Å². The van der Waals surface area contributed by atoms with Crippen LogP contribution in [0.4, 0.5) is 0 Å². The molecule has 0 spiro atoms. The summed E-state index contributed by atoms with van der Waals surface area (Å²) in [6, 6.07) is 6.46. The monoisotopic (exact) mass is 233 g/mol. The number of aryl methyl sites for hydroxylation is 2. The maximum absolute atomic E-state index is 6.26. The SMILES string of the molecule is Cc1cc(C)cc(OC2CCC(C)(C)C2N)c1. The van der Waals surface area contributed by atoms with Gasteiger partial charge in [-0.15, -0.1) is 0 Å². The summed E-state index contributed by atoms with van der Waals surface area (Å²) >= 11 is 0. The molecule has 2 heteroatoms. The molecule has 1 aromatic carbocycles. The highest BCUT2D eigenvalue weighted by atomic mass is 16.5. The molecule has 1 fully saturated rings. The van der Waals surface area contributed by atoms with Gasteiger partial charge >= 0.3 is 0 Å². The van der Waals surface area contributed by atoms with Crippen molar-refractivity contribution in [2.75, 3.05) is 0 Å². The second-order valence-electron chi connectivity index (χ2n) is 6.03. The number of ether oxygens (including phenoxy) is 1. The lowest BCUT2D eigenvalue weighted by atomic mass is 9.88. The molecule has 0 amide bonds. The second-order valence-corrected chi connectivity index (χ2v) is 6.03. The molecule has 1 aliphatic rings. The van der Waals surface area contributed by atoms with Crippen LogP contribution in [0.3, 0.4) is 0 Å². The molecular formula is C15H23NO. The lowest BCUT2D eigenvalue weighted by Gasteiger charge is -2.27. The molecular weight excluding hydrogens is 210 g/mol. The third kappa shape index (κ3) is 2.63. The van der Waals surface area contributed by atoms with Crippen LogP contribution in [0.2, 0.25) is 0 Å². The molecule has 1 saturated carbocycles. The fourth-order valence-corrected chi connectivity index (χ4v) is 2.67. The third-order valence-corrected chi connectivity index (χ3v) is 3.86. The lowest BCUT2D eigenvalue weighted by molar-refractivity contribution is 0.164. The Bertz CT molecular complexity index is 391. The summed E-state index contributed by atoms with van der Waals surface area (Å²) in [7, 11) is 0. The standard InChI is InChI=1S/C15H23NO/c1-10-7-11(2)9-12(8-10)17-13-5-6-15(3,4)14(13)16/h7-9,13-14H,5-6,16H2,1-4H3. The van der Waals surface area contributed by atoms with Gasteiger partial charge < -0.3 is 10.5 Å². The zero-order valence-corrected chi connectivity index (χ0v) is 11.3. The van der Waals surface area contributed by atoms with Crippen molar-refractivity contribution in [1.82, 2.24) is 0 Å². The minimum absolute atomic E-state index is 0.128. The third-order valence-electron chi connectivity index (χ3n) is 3.86. The maximum atomic E-state index is 6.26. The molecule has 0 aromatic heterocycles. The number of rotatable bonds is 2. The van der Waals surface area contributed by atoms with E-state index in [1.54, 1.807) is 0 Å². The van der Waals surface area contributed by atoms with Gasteiger partial charge in [0.15, 0.2) is 0 Å². The van der Waals surface area contributed by atoms with Crippen LogP contribution >= 0.6 is 0 Å². The minimum Gasteiger partial charge on any atom is -0.489 e. The minimum atomic E-state index is 0.128. The van der Waals surface area contributed by atoms with E-state index in [0.717, 1.165) is 18.6 Å². The van der Waals surface area contributed by atoms with Gasteiger partial charge in [0.2, 0.25) is 0 Å². The lowest BCUT2D eigenvalue weighted by Crippen LogP contribution is -2.42. The molecule has 0 bridgehead atoms. The average molecular weight is 233 g/mol. The Labute approximate surface area is 104 Å². The molecule has 0 heterocycles. The van der Waals surface area contributed by atoms with Gasteiger partial charge in [-0.2, -0.15) is 0 Å². The Hall–Kier alpha value is -1.02. The highest BCUT2D eigenvalue weighted by molar-refractivity contribution is 5.33. The molecule has 0 radical (unpaired) electrons. The summed E-state index contributed by atoms with van der Waals surface area (Å²) in [5.74, 6) is 0.959. The molecule has 2 rings (SSSR count). The number of benzene rings is 1. The highest BCUT2D eigenvalue weighted by Crippen LogP contribution is 2.38. The predicted octanol–water partition coefficient (Wildman–Crippen LogP) is 3.20. The molecule has 94 valence electrons. The molecule has 2 unspecified atom stereocenters. The van der Waals surface area contributed by atoms with Gasteiger partial charge in [0.25, 0.3) is 0 Å². The van der Waals surface area contributed by atoms with Crippen molar-refractivity contribution in [3.63, 3.8) is 0 Å². The van der Waals surface area contributed by atoms with Crippen molar-refractivity contribution in [2.24, 2.45) is 11.1 Å². The Morgan fingerprint density at radius 3 is 2.24 bits per heavy atom. The van der Waals surface area contributed by atoms with Crippen molar-refractivity contribution in [3.8, 4) is 5.75 Å². The van der Waals surface area contributed by atoms with E-state index in [9.17, 15) is 0 Å². The van der Waals surface area contributed by atoms with E-state index in [4.69, 9.17) is 10.5 Å². The number of nitrogens with two attached hydrogens (primary N) is 1. The molecule has 1 aliphatic carbocycles. The smallest absolute Gasteiger partial charge is 0.120 e. The van der Waals surface area contributed by atoms with E-state index in [2.05, 4.69) is 45.9 Å². The fraction of sp³-hybridized carbons (Fsp3) is 0.600. The van der Waals surface area contributed by atoms with Crippen LogP contribution in [0.5, 0.6) is 5.75 Å². The Balaban J connectivity index is 2.12. The first-order valence-electron chi connectivity index (χ1n) is 6.39. The largest absolute Gasteiger partial charge is 0.489 e. The molecule has 2 N–H and O–H groups in total. The van der Waals surface area contributed by atoms with Gasteiger partial charge in [0, 0.05) is 6.04 Å². The van der Waals surface area contributed by atoms with Gasteiger partial charge in [0.05, 0.1) is 0 Å². The van der Waals surface area contributed by atoms with Crippen LogP contribution in [0.15, 0.2) is 18.2 Å². The average Bonchev–Trinajstić information content (AvgIpc) is 2.44. The Morgan fingerprint density at radius 1 is 1.18 bits per heavy atom. The quantitative estimate of drug-likeness (QED) is 0.851. The van der Waals surface area contributed by atoms with E-state index in [1.165, 1.54) is 11.1 Å². The van der Waals surface area contributed by atoms with Gasteiger partial charge in [-0.25, -0.2) is 0 Å². The van der Waals surface area contributed by atoms with Crippen LogP contribution in [-0.2, 0) is 0 Å². The Morgan fingerprint density at radius 2 is 1.76 bits per heavy atom. The summed E-state index contributed by atoms with van der Waals surface area (Å²) in [5, 5.41) is 0. The summed E-state index contributed by atoms with van der Waals surface area (Å²) in [5.41, 5.74) is 8.94. The molecule has 2 atom stereocenters. The molecule has 0 saturated heterocycles. The van der Waals surface area contributed by atoms with E-state index < -0.39 is 0 Å². The normalized spacial score (nSPS) is 27.1. The second kappa shape index (κ2) is 4.34. The van der Waals surface area contributed by atoms with Gasteiger partial charge in [-0.3, -0.25) is 0 Å². The highest BCUT2D eigenvalue weighted by Gasteiger charge is 2.40. The zero-order chi connectivity index (χ0) is 12.6. The first-order chi connectivity index (χ1) is 7.88.